The molecule has 0 bridgehead atoms. The van der Waals surface area contributed by atoms with Crippen molar-refractivity contribution in [2.45, 2.75) is 12.3 Å². The number of likely N-dealkylation sites (tertiary alicyclic amines) is 1. The summed E-state index contributed by atoms with van der Waals surface area (Å²) in [5, 5.41) is 2.92. The molecular weight excluding hydrogens is 423 g/mol. The lowest BCUT2D eigenvalue weighted by atomic mass is 9.89. The lowest BCUT2D eigenvalue weighted by molar-refractivity contribution is -0.115. The van der Waals surface area contributed by atoms with Gasteiger partial charge in [-0.2, -0.15) is 0 Å². The van der Waals surface area contributed by atoms with E-state index in [1.807, 2.05) is 47.2 Å². The van der Waals surface area contributed by atoms with Gasteiger partial charge in [-0.15, -0.1) is 24.8 Å². The monoisotopic (exact) mass is 450 g/mol. The quantitative estimate of drug-likeness (QED) is 0.752. The first-order chi connectivity index (χ1) is 13.6. The van der Waals surface area contributed by atoms with Gasteiger partial charge < -0.3 is 20.9 Å². The van der Waals surface area contributed by atoms with Crippen LogP contribution < -0.4 is 16.0 Å². The van der Waals surface area contributed by atoms with Gasteiger partial charge in [0.15, 0.2) is 0 Å². The fourth-order valence-electron chi connectivity index (χ4n) is 4.24. The zero-order chi connectivity index (χ0) is 19.7. The van der Waals surface area contributed by atoms with Gasteiger partial charge in [0.1, 0.15) is 0 Å². The van der Waals surface area contributed by atoms with E-state index < -0.39 is 0 Å². The summed E-state index contributed by atoms with van der Waals surface area (Å²) in [5.41, 5.74) is 9.47. The van der Waals surface area contributed by atoms with Crippen molar-refractivity contribution in [3.8, 4) is 0 Å². The number of hydrogen-bond donors (Lipinski definition) is 2. The average Bonchev–Trinajstić information content (AvgIpc) is 3.10. The highest BCUT2D eigenvalue weighted by atomic mass is 35.5. The minimum Gasteiger partial charge on any atom is -0.372 e. The van der Waals surface area contributed by atoms with E-state index in [-0.39, 0.29) is 48.5 Å². The number of halogens is 2. The van der Waals surface area contributed by atoms with Gasteiger partial charge in [-0.25, -0.2) is 0 Å². The van der Waals surface area contributed by atoms with Crippen molar-refractivity contribution in [2.75, 3.05) is 43.4 Å². The van der Waals surface area contributed by atoms with Gasteiger partial charge in [0.25, 0.3) is 5.91 Å². The minimum atomic E-state index is -0.0243. The third-order valence-electron chi connectivity index (χ3n) is 5.86. The number of carbonyl (C=O) groups is 2. The molecule has 162 valence electrons. The van der Waals surface area contributed by atoms with Crippen LogP contribution in [0.25, 0.3) is 0 Å². The highest BCUT2D eigenvalue weighted by Gasteiger charge is 2.35. The van der Waals surface area contributed by atoms with E-state index in [0.717, 1.165) is 5.69 Å². The van der Waals surface area contributed by atoms with Crippen LogP contribution in [0.1, 0.15) is 28.3 Å². The predicted octanol–water partition coefficient (Wildman–Crippen LogP) is 3.12. The van der Waals surface area contributed by atoms with Crippen LogP contribution in [0, 0.1) is 5.92 Å². The van der Waals surface area contributed by atoms with Crippen molar-refractivity contribution >= 4 is 48.0 Å². The molecule has 0 aliphatic carbocycles. The van der Waals surface area contributed by atoms with Gasteiger partial charge in [0.2, 0.25) is 5.91 Å². The third-order valence-corrected chi connectivity index (χ3v) is 5.86. The first kappa shape index (κ1) is 24.0. The molecule has 4 rings (SSSR count). The topological polar surface area (TPSA) is 78.7 Å². The molecule has 2 aliphatic heterocycles. The number of nitrogens with zero attached hydrogens (tertiary/aromatic N) is 2. The van der Waals surface area contributed by atoms with Gasteiger partial charge in [-0.05, 0) is 36.2 Å². The Morgan fingerprint density at radius 2 is 1.87 bits per heavy atom. The molecule has 3 N–H and O–H groups in total. The van der Waals surface area contributed by atoms with Gasteiger partial charge in [-0.3, -0.25) is 9.59 Å². The van der Waals surface area contributed by atoms with Crippen molar-refractivity contribution in [3.05, 3.63) is 59.7 Å². The summed E-state index contributed by atoms with van der Waals surface area (Å²) in [6.07, 6.45) is 0.442. The Bertz CT molecular complexity index is 894. The average molecular weight is 451 g/mol. The molecule has 2 aromatic rings. The summed E-state index contributed by atoms with van der Waals surface area (Å²) < 4.78 is 0. The fourth-order valence-corrected chi connectivity index (χ4v) is 4.24. The summed E-state index contributed by atoms with van der Waals surface area (Å²) in [7, 11) is 1.96. The lowest BCUT2D eigenvalue weighted by Gasteiger charge is -2.21. The van der Waals surface area contributed by atoms with E-state index in [0.29, 0.717) is 43.9 Å². The SMILES string of the molecule is CN1CCC(=O)Nc2cc(C(=O)N3C[C@@H](CN)[C@H](c4ccccc4)C3)ccc21.Cl.Cl. The van der Waals surface area contributed by atoms with Crippen molar-refractivity contribution in [1.29, 1.82) is 0 Å². The zero-order valence-electron chi connectivity index (χ0n) is 16.9. The minimum absolute atomic E-state index is 0. The van der Waals surface area contributed by atoms with E-state index in [1.165, 1.54) is 5.56 Å². The first-order valence-electron chi connectivity index (χ1n) is 9.76. The number of carbonyl (C=O) groups excluding carboxylic acids is 2. The molecule has 2 aliphatic rings. The molecule has 2 heterocycles. The Hall–Kier alpha value is -2.28. The van der Waals surface area contributed by atoms with Gasteiger partial charge in [0.05, 0.1) is 11.4 Å². The molecule has 0 unspecified atom stereocenters. The van der Waals surface area contributed by atoms with Crippen molar-refractivity contribution in [3.63, 3.8) is 0 Å². The Balaban J connectivity index is 0.00000160. The Labute approximate surface area is 189 Å². The molecule has 2 aromatic carbocycles. The summed E-state index contributed by atoms with van der Waals surface area (Å²) in [6.45, 7) is 2.52. The predicted molar refractivity (Wildman–Crippen MR) is 125 cm³/mol. The first-order valence-corrected chi connectivity index (χ1v) is 9.76. The van der Waals surface area contributed by atoms with Crippen LogP contribution in [0.2, 0.25) is 0 Å². The van der Waals surface area contributed by atoms with Crippen LogP contribution in [0.3, 0.4) is 0 Å². The van der Waals surface area contributed by atoms with E-state index in [4.69, 9.17) is 5.73 Å². The highest BCUT2D eigenvalue weighted by molar-refractivity contribution is 6.01. The molecule has 1 saturated heterocycles. The summed E-state index contributed by atoms with van der Waals surface area (Å²) in [4.78, 5) is 29.1. The van der Waals surface area contributed by atoms with Crippen LogP contribution in [0.4, 0.5) is 11.4 Å². The third kappa shape index (κ3) is 4.72. The number of hydrogen-bond acceptors (Lipinski definition) is 4. The fraction of sp³-hybridized carbons (Fsp3) is 0.364. The van der Waals surface area contributed by atoms with Crippen molar-refractivity contribution in [2.24, 2.45) is 11.7 Å². The number of anilines is 2. The molecule has 0 radical (unpaired) electrons. The van der Waals surface area contributed by atoms with Crippen molar-refractivity contribution < 1.29 is 9.59 Å². The molecule has 8 heteroatoms. The van der Waals surface area contributed by atoms with E-state index in [1.54, 1.807) is 6.07 Å². The summed E-state index contributed by atoms with van der Waals surface area (Å²) in [6, 6.07) is 15.8. The molecule has 30 heavy (non-hydrogen) atoms. The van der Waals surface area contributed by atoms with Crippen molar-refractivity contribution in [1.82, 2.24) is 4.90 Å². The standard InChI is InChI=1S/C22H26N4O2.2ClH/c1-25-10-9-21(27)24-19-11-16(7-8-20(19)25)22(28)26-13-17(12-23)18(14-26)15-5-3-2-4-6-15;;/h2-8,11,17-18H,9-10,12-14,23H2,1H3,(H,24,27);2*1H/t17-,18+;;/m1../s1. The number of fused-ring (bicyclic) bond motifs is 1. The molecular formula is C22H28Cl2N4O2. The highest BCUT2D eigenvalue weighted by Crippen LogP contribution is 2.34. The number of nitrogens with one attached hydrogen (secondary N) is 1. The molecule has 2 amide bonds. The van der Waals surface area contributed by atoms with Crippen LogP contribution in [0.5, 0.6) is 0 Å². The zero-order valence-corrected chi connectivity index (χ0v) is 18.5. The largest absolute Gasteiger partial charge is 0.372 e. The van der Waals surface area contributed by atoms with E-state index >= 15 is 0 Å². The van der Waals surface area contributed by atoms with Crippen LogP contribution in [-0.4, -0.2) is 49.9 Å². The smallest absolute Gasteiger partial charge is 0.253 e. The number of nitrogens with two attached hydrogens (primary N) is 1. The molecule has 0 saturated carbocycles. The maximum Gasteiger partial charge on any atom is 0.253 e. The Morgan fingerprint density at radius 3 is 2.57 bits per heavy atom. The molecule has 6 nitrogen and oxygen atoms in total. The van der Waals surface area contributed by atoms with Crippen LogP contribution in [0.15, 0.2) is 48.5 Å². The normalized spacial score (nSPS) is 20.4. The molecule has 1 fully saturated rings. The maximum absolute atomic E-state index is 13.2. The second-order valence-electron chi connectivity index (χ2n) is 7.67. The Morgan fingerprint density at radius 1 is 1.13 bits per heavy atom. The maximum atomic E-state index is 13.2. The summed E-state index contributed by atoms with van der Waals surface area (Å²) >= 11 is 0. The number of benzene rings is 2. The summed E-state index contributed by atoms with van der Waals surface area (Å²) in [5.74, 6) is 0.462. The van der Waals surface area contributed by atoms with E-state index in [2.05, 4.69) is 17.4 Å². The van der Waals surface area contributed by atoms with Crippen LogP contribution in [-0.2, 0) is 4.79 Å². The van der Waals surface area contributed by atoms with Gasteiger partial charge >= 0.3 is 0 Å². The molecule has 2 atom stereocenters. The van der Waals surface area contributed by atoms with Gasteiger partial charge in [0, 0.05) is 44.6 Å². The van der Waals surface area contributed by atoms with Gasteiger partial charge in [-0.1, -0.05) is 30.3 Å². The lowest BCUT2D eigenvalue weighted by Crippen LogP contribution is -2.30. The van der Waals surface area contributed by atoms with Crippen LogP contribution >= 0.6 is 24.8 Å². The second kappa shape index (κ2) is 10.2. The van der Waals surface area contributed by atoms with E-state index in [9.17, 15) is 9.59 Å². The molecule has 0 spiro atoms. The second-order valence-corrected chi connectivity index (χ2v) is 7.67. The molecule has 0 aromatic heterocycles. The number of amides is 2. The Kier molecular flexibility index (Phi) is 8.12. The number of rotatable bonds is 3.